The molecule has 0 saturated heterocycles. The number of hydrogen-bond acceptors (Lipinski definition) is 1. The van der Waals surface area contributed by atoms with Crippen LogP contribution in [0.2, 0.25) is 0 Å². The minimum Gasteiger partial charge on any atom is -0.306 e. The van der Waals surface area contributed by atoms with E-state index in [4.69, 9.17) is 0 Å². The van der Waals surface area contributed by atoms with Gasteiger partial charge in [-0.15, -0.1) is 0 Å². The van der Waals surface area contributed by atoms with Crippen LogP contribution in [0.1, 0.15) is 29.2 Å². The lowest BCUT2D eigenvalue weighted by atomic mass is 10.1. The maximum Gasteiger partial charge on any atom is 0.0329 e. The predicted molar refractivity (Wildman–Crippen MR) is 78.5 cm³/mol. The molecule has 1 unspecified atom stereocenters. The molecule has 0 heterocycles. The molecule has 0 saturated carbocycles. The molecule has 2 heteroatoms. The van der Waals surface area contributed by atoms with Gasteiger partial charge in [0.05, 0.1) is 0 Å². The van der Waals surface area contributed by atoms with E-state index < -0.39 is 0 Å². The van der Waals surface area contributed by atoms with Crippen molar-refractivity contribution in [3.8, 4) is 0 Å². The average molecular weight is 302 g/mol. The van der Waals surface area contributed by atoms with Crippen molar-refractivity contribution in [1.29, 1.82) is 0 Å². The van der Waals surface area contributed by atoms with Gasteiger partial charge in [0.2, 0.25) is 0 Å². The monoisotopic (exact) mass is 301 g/mol. The molecule has 1 aliphatic carbocycles. The number of hydrogen-bond donors (Lipinski definition) is 1. The first-order chi connectivity index (χ1) is 8.83. The molecule has 92 valence electrons. The average Bonchev–Trinajstić information content (AvgIpc) is 2.82. The first-order valence-corrected chi connectivity index (χ1v) is 7.18. The Morgan fingerprint density at radius 1 is 1.06 bits per heavy atom. The molecule has 2 aromatic carbocycles. The summed E-state index contributed by atoms with van der Waals surface area (Å²) in [7, 11) is 0. The summed E-state index contributed by atoms with van der Waals surface area (Å²) < 4.78 is 1.14. The molecule has 0 bridgehead atoms. The Hall–Kier alpha value is -1.12. The van der Waals surface area contributed by atoms with E-state index >= 15 is 0 Å². The molecular formula is C16H16BrN. The molecular weight excluding hydrogens is 286 g/mol. The number of aryl methyl sites for hydroxylation is 1. The van der Waals surface area contributed by atoms with Crippen LogP contribution in [0.3, 0.4) is 0 Å². The van der Waals surface area contributed by atoms with Crippen molar-refractivity contribution >= 4 is 15.9 Å². The van der Waals surface area contributed by atoms with E-state index in [1.165, 1.54) is 29.5 Å². The zero-order valence-corrected chi connectivity index (χ0v) is 11.8. The fraction of sp³-hybridized carbons (Fsp3) is 0.250. The second kappa shape index (κ2) is 5.25. The van der Waals surface area contributed by atoms with Gasteiger partial charge in [0.1, 0.15) is 0 Å². The highest BCUT2D eigenvalue weighted by atomic mass is 79.9. The summed E-state index contributed by atoms with van der Waals surface area (Å²) in [5.74, 6) is 0. The van der Waals surface area contributed by atoms with Crippen molar-refractivity contribution in [1.82, 2.24) is 5.32 Å². The molecule has 0 aromatic heterocycles. The van der Waals surface area contributed by atoms with Gasteiger partial charge >= 0.3 is 0 Å². The lowest BCUT2D eigenvalue weighted by Crippen LogP contribution is -2.18. The van der Waals surface area contributed by atoms with Gasteiger partial charge in [0.25, 0.3) is 0 Å². The molecule has 1 aliphatic rings. The van der Waals surface area contributed by atoms with Gasteiger partial charge in [-0.05, 0) is 41.7 Å². The zero-order chi connectivity index (χ0) is 12.4. The molecule has 1 atom stereocenters. The molecule has 1 N–H and O–H groups in total. The molecule has 2 aromatic rings. The van der Waals surface area contributed by atoms with Crippen LogP contribution in [0.15, 0.2) is 53.0 Å². The number of fused-ring (bicyclic) bond motifs is 1. The van der Waals surface area contributed by atoms with Gasteiger partial charge < -0.3 is 5.32 Å². The van der Waals surface area contributed by atoms with Crippen LogP contribution < -0.4 is 5.32 Å². The lowest BCUT2D eigenvalue weighted by molar-refractivity contribution is 0.530. The van der Waals surface area contributed by atoms with Crippen molar-refractivity contribution in [3.05, 3.63) is 69.7 Å². The van der Waals surface area contributed by atoms with Crippen molar-refractivity contribution in [2.75, 3.05) is 0 Å². The van der Waals surface area contributed by atoms with E-state index in [0.717, 1.165) is 11.0 Å². The summed E-state index contributed by atoms with van der Waals surface area (Å²) in [4.78, 5) is 0. The SMILES string of the molecule is Brc1ccc(CNC2CCc3ccccc32)cc1. The maximum absolute atomic E-state index is 3.66. The van der Waals surface area contributed by atoms with Gasteiger partial charge in [0.15, 0.2) is 0 Å². The summed E-state index contributed by atoms with van der Waals surface area (Å²) in [6, 6.07) is 17.8. The minimum atomic E-state index is 0.518. The third kappa shape index (κ3) is 2.50. The third-order valence-corrected chi connectivity index (χ3v) is 4.13. The summed E-state index contributed by atoms with van der Waals surface area (Å²) in [5, 5.41) is 3.66. The normalized spacial score (nSPS) is 17.7. The highest BCUT2D eigenvalue weighted by molar-refractivity contribution is 9.10. The van der Waals surface area contributed by atoms with E-state index in [9.17, 15) is 0 Å². The Balaban J connectivity index is 1.67. The Labute approximate surface area is 116 Å². The molecule has 1 nitrogen and oxygen atoms in total. The van der Waals surface area contributed by atoms with E-state index in [2.05, 4.69) is 69.8 Å². The molecule has 0 radical (unpaired) electrons. The smallest absolute Gasteiger partial charge is 0.0329 e. The first kappa shape index (κ1) is 11.9. The van der Waals surface area contributed by atoms with Crippen molar-refractivity contribution in [2.45, 2.75) is 25.4 Å². The second-order valence-electron chi connectivity index (χ2n) is 4.80. The first-order valence-electron chi connectivity index (χ1n) is 6.38. The van der Waals surface area contributed by atoms with Gasteiger partial charge in [0, 0.05) is 17.1 Å². The Morgan fingerprint density at radius 3 is 2.67 bits per heavy atom. The highest BCUT2D eigenvalue weighted by Gasteiger charge is 2.20. The molecule has 0 aliphatic heterocycles. The summed E-state index contributed by atoms with van der Waals surface area (Å²) in [5.41, 5.74) is 4.32. The topological polar surface area (TPSA) is 12.0 Å². The van der Waals surface area contributed by atoms with Crippen LogP contribution >= 0.6 is 15.9 Å². The van der Waals surface area contributed by atoms with Crippen molar-refractivity contribution in [3.63, 3.8) is 0 Å². The number of benzene rings is 2. The molecule has 0 fully saturated rings. The summed E-state index contributed by atoms with van der Waals surface area (Å²) in [6.45, 7) is 0.937. The standard InChI is InChI=1S/C16H16BrN/c17-14-8-5-12(6-9-14)11-18-16-10-7-13-3-1-2-4-15(13)16/h1-6,8-9,16,18H,7,10-11H2. The van der Waals surface area contributed by atoms with Crippen LogP contribution in [0, 0.1) is 0 Å². The van der Waals surface area contributed by atoms with Crippen LogP contribution in [0.5, 0.6) is 0 Å². The number of halogens is 1. The van der Waals surface area contributed by atoms with Gasteiger partial charge in [-0.3, -0.25) is 0 Å². The quantitative estimate of drug-likeness (QED) is 0.895. The number of nitrogens with one attached hydrogen (secondary N) is 1. The molecule has 3 rings (SSSR count). The summed E-state index contributed by atoms with van der Waals surface area (Å²) >= 11 is 3.46. The molecule has 18 heavy (non-hydrogen) atoms. The Bertz CT molecular complexity index is 533. The van der Waals surface area contributed by atoms with Crippen molar-refractivity contribution in [2.24, 2.45) is 0 Å². The fourth-order valence-corrected chi connectivity index (χ4v) is 2.88. The molecule has 0 spiro atoms. The third-order valence-electron chi connectivity index (χ3n) is 3.60. The van der Waals surface area contributed by atoms with E-state index in [1.54, 1.807) is 0 Å². The Morgan fingerprint density at radius 2 is 1.83 bits per heavy atom. The van der Waals surface area contributed by atoms with Gasteiger partial charge in [-0.2, -0.15) is 0 Å². The second-order valence-corrected chi connectivity index (χ2v) is 5.71. The van der Waals surface area contributed by atoms with E-state index in [1.807, 2.05) is 0 Å². The van der Waals surface area contributed by atoms with E-state index in [-0.39, 0.29) is 0 Å². The van der Waals surface area contributed by atoms with E-state index in [0.29, 0.717) is 6.04 Å². The molecule has 0 amide bonds. The van der Waals surface area contributed by atoms with Gasteiger partial charge in [-0.1, -0.05) is 52.3 Å². The van der Waals surface area contributed by atoms with Crippen LogP contribution in [0.4, 0.5) is 0 Å². The van der Waals surface area contributed by atoms with Crippen LogP contribution in [-0.2, 0) is 13.0 Å². The maximum atomic E-state index is 3.66. The Kier molecular flexibility index (Phi) is 3.48. The van der Waals surface area contributed by atoms with Crippen molar-refractivity contribution < 1.29 is 0 Å². The fourth-order valence-electron chi connectivity index (χ4n) is 2.61. The predicted octanol–water partition coefficient (Wildman–Crippen LogP) is 4.23. The minimum absolute atomic E-state index is 0.518. The van der Waals surface area contributed by atoms with Gasteiger partial charge in [-0.25, -0.2) is 0 Å². The largest absolute Gasteiger partial charge is 0.306 e. The number of rotatable bonds is 3. The lowest BCUT2D eigenvalue weighted by Gasteiger charge is -2.14. The zero-order valence-electron chi connectivity index (χ0n) is 10.2. The van der Waals surface area contributed by atoms with Crippen LogP contribution in [-0.4, -0.2) is 0 Å². The highest BCUT2D eigenvalue weighted by Crippen LogP contribution is 2.30. The summed E-state index contributed by atoms with van der Waals surface area (Å²) in [6.07, 6.45) is 2.42. The van der Waals surface area contributed by atoms with Crippen LogP contribution in [0.25, 0.3) is 0 Å².